The third kappa shape index (κ3) is 2.37. The number of hydrogen-bond acceptors (Lipinski definition) is 3. The Labute approximate surface area is 85.7 Å². The molecule has 1 N–H and O–H groups in total. The van der Waals surface area contributed by atoms with Crippen LogP contribution in [0.1, 0.15) is 11.6 Å². The van der Waals surface area contributed by atoms with Crippen LogP contribution in [-0.2, 0) is 0 Å². The van der Waals surface area contributed by atoms with E-state index in [9.17, 15) is 4.39 Å². The zero-order chi connectivity index (χ0) is 11.3. The molecule has 0 spiro atoms. The number of aliphatic hydroxyl groups is 1. The molecule has 0 radical (unpaired) electrons. The number of aliphatic hydroxyl groups excluding tert-OH is 1. The molecule has 0 saturated carbocycles. The van der Waals surface area contributed by atoms with Crippen LogP contribution in [0.2, 0.25) is 0 Å². The number of benzene rings is 1. The van der Waals surface area contributed by atoms with Crippen LogP contribution in [0, 0.1) is 5.82 Å². The number of halogens is 1. The van der Waals surface area contributed by atoms with E-state index in [1.54, 1.807) is 0 Å². The van der Waals surface area contributed by atoms with Gasteiger partial charge in [0.05, 0.1) is 19.8 Å². The SMILES string of the molecule is COc1cccc(F)c1C(CO)N=[N+]=[N-]. The normalized spacial score (nSPS) is 11.7. The van der Waals surface area contributed by atoms with Gasteiger partial charge in [-0.25, -0.2) is 4.39 Å². The monoisotopic (exact) mass is 211 g/mol. The fraction of sp³-hybridized carbons (Fsp3) is 0.333. The Hall–Kier alpha value is -1.78. The molecule has 0 amide bonds. The highest BCUT2D eigenvalue weighted by molar-refractivity contribution is 5.37. The molecule has 0 heterocycles. The first-order valence-corrected chi connectivity index (χ1v) is 4.22. The van der Waals surface area contributed by atoms with E-state index >= 15 is 0 Å². The molecule has 0 aliphatic rings. The third-order valence-corrected chi connectivity index (χ3v) is 1.93. The number of ether oxygens (including phenoxy) is 1. The maximum atomic E-state index is 13.4. The van der Waals surface area contributed by atoms with Crippen LogP contribution in [0.4, 0.5) is 4.39 Å². The smallest absolute Gasteiger partial charge is 0.130 e. The molecule has 0 aromatic heterocycles. The summed E-state index contributed by atoms with van der Waals surface area (Å²) in [5.41, 5.74) is 8.34. The lowest BCUT2D eigenvalue weighted by molar-refractivity contribution is 0.261. The fourth-order valence-electron chi connectivity index (χ4n) is 1.27. The van der Waals surface area contributed by atoms with Crippen LogP contribution in [0.25, 0.3) is 10.4 Å². The first kappa shape index (κ1) is 11.3. The van der Waals surface area contributed by atoms with Crippen LogP contribution >= 0.6 is 0 Å². The Morgan fingerprint density at radius 3 is 2.93 bits per heavy atom. The lowest BCUT2D eigenvalue weighted by Crippen LogP contribution is -2.05. The molecule has 0 bridgehead atoms. The van der Waals surface area contributed by atoms with Crippen molar-refractivity contribution in [1.29, 1.82) is 0 Å². The summed E-state index contributed by atoms with van der Waals surface area (Å²) in [5, 5.41) is 12.3. The van der Waals surface area contributed by atoms with Gasteiger partial charge < -0.3 is 9.84 Å². The Morgan fingerprint density at radius 1 is 1.67 bits per heavy atom. The van der Waals surface area contributed by atoms with Gasteiger partial charge in [0.2, 0.25) is 0 Å². The van der Waals surface area contributed by atoms with Crippen molar-refractivity contribution in [1.82, 2.24) is 0 Å². The topological polar surface area (TPSA) is 78.2 Å². The summed E-state index contributed by atoms with van der Waals surface area (Å²) < 4.78 is 18.3. The Bertz CT molecular complexity index is 391. The van der Waals surface area contributed by atoms with Gasteiger partial charge in [0.15, 0.2) is 0 Å². The molecule has 0 aliphatic carbocycles. The average Bonchev–Trinajstić information content (AvgIpc) is 2.26. The van der Waals surface area contributed by atoms with Crippen molar-refractivity contribution < 1.29 is 14.2 Å². The largest absolute Gasteiger partial charge is 0.496 e. The predicted molar refractivity (Wildman–Crippen MR) is 51.9 cm³/mol. The van der Waals surface area contributed by atoms with Crippen molar-refractivity contribution in [3.05, 3.63) is 40.0 Å². The number of rotatable bonds is 4. The number of azide groups is 1. The molecule has 0 aliphatic heterocycles. The van der Waals surface area contributed by atoms with E-state index in [0.717, 1.165) is 0 Å². The molecule has 1 atom stereocenters. The molecule has 15 heavy (non-hydrogen) atoms. The van der Waals surface area contributed by atoms with E-state index in [4.69, 9.17) is 15.4 Å². The number of methoxy groups -OCH3 is 1. The molecule has 6 heteroatoms. The number of hydrogen-bond donors (Lipinski definition) is 1. The van der Waals surface area contributed by atoms with E-state index in [2.05, 4.69) is 10.0 Å². The molecule has 0 saturated heterocycles. The van der Waals surface area contributed by atoms with Gasteiger partial charge in [-0.15, -0.1) is 0 Å². The van der Waals surface area contributed by atoms with Gasteiger partial charge in [0.1, 0.15) is 11.6 Å². The van der Waals surface area contributed by atoms with Gasteiger partial charge >= 0.3 is 0 Å². The Morgan fingerprint density at radius 2 is 2.40 bits per heavy atom. The molecule has 1 aromatic carbocycles. The van der Waals surface area contributed by atoms with Crippen LogP contribution in [0.15, 0.2) is 23.3 Å². The van der Waals surface area contributed by atoms with Crippen molar-refractivity contribution in [2.75, 3.05) is 13.7 Å². The average molecular weight is 211 g/mol. The molecule has 1 unspecified atom stereocenters. The summed E-state index contributed by atoms with van der Waals surface area (Å²) in [7, 11) is 1.38. The molecule has 1 rings (SSSR count). The zero-order valence-electron chi connectivity index (χ0n) is 8.09. The predicted octanol–water partition coefficient (Wildman–Crippen LogP) is 2.18. The van der Waals surface area contributed by atoms with E-state index in [-0.39, 0.29) is 11.3 Å². The second kappa shape index (κ2) is 5.19. The highest BCUT2D eigenvalue weighted by Gasteiger charge is 2.18. The van der Waals surface area contributed by atoms with Crippen LogP contribution in [0.5, 0.6) is 5.75 Å². The second-order valence-electron chi connectivity index (χ2n) is 2.76. The van der Waals surface area contributed by atoms with Crippen molar-refractivity contribution >= 4 is 0 Å². The molecule has 5 nitrogen and oxygen atoms in total. The summed E-state index contributed by atoms with van der Waals surface area (Å²) in [4.78, 5) is 2.54. The van der Waals surface area contributed by atoms with Gasteiger partial charge in [0.25, 0.3) is 0 Å². The molecule has 80 valence electrons. The lowest BCUT2D eigenvalue weighted by atomic mass is 10.1. The Kier molecular flexibility index (Phi) is 3.91. The highest BCUT2D eigenvalue weighted by Crippen LogP contribution is 2.29. The molecule has 1 aromatic rings. The maximum absolute atomic E-state index is 13.4. The number of nitrogens with zero attached hydrogens (tertiary/aromatic N) is 3. The first-order valence-electron chi connectivity index (χ1n) is 4.22. The van der Waals surface area contributed by atoms with Crippen molar-refractivity contribution in [2.24, 2.45) is 5.11 Å². The quantitative estimate of drug-likeness (QED) is 0.470. The van der Waals surface area contributed by atoms with Gasteiger partial charge in [-0.2, -0.15) is 0 Å². The minimum Gasteiger partial charge on any atom is -0.496 e. The molecular weight excluding hydrogens is 201 g/mol. The summed E-state index contributed by atoms with van der Waals surface area (Å²) >= 11 is 0. The standard InChI is InChI=1S/C9H10FN3O2/c1-15-8-4-2-3-6(10)9(8)7(5-14)12-13-11/h2-4,7,14H,5H2,1H3. The Balaban J connectivity index is 3.25. The minimum atomic E-state index is -0.967. The fourth-order valence-corrected chi connectivity index (χ4v) is 1.27. The van der Waals surface area contributed by atoms with E-state index in [0.29, 0.717) is 0 Å². The third-order valence-electron chi connectivity index (χ3n) is 1.93. The summed E-state index contributed by atoms with van der Waals surface area (Å²) in [6.07, 6.45) is 0. The van der Waals surface area contributed by atoms with E-state index in [1.165, 1.54) is 25.3 Å². The molecule has 0 fully saturated rings. The highest BCUT2D eigenvalue weighted by atomic mass is 19.1. The summed E-state index contributed by atoms with van der Waals surface area (Å²) in [5.74, 6) is -0.317. The van der Waals surface area contributed by atoms with Crippen LogP contribution in [0.3, 0.4) is 0 Å². The van der Waals surface area contributed by atoms with Gasteiger partial charge in [-0.1, -0.05) is 11.2 Å². The summed E-state index contributed by atoms with van der Waals surface area (Å²) in [6, 6.07) is 3.26. The van der Waals surface area contributed by atoms with E-state index < -0.39 is 18.5 Å². The van der Waals surface area contributed by atoms with Crippen LogP contribution < -0.4 is 4.74 Å². The van der Waals surface area contributed by atoms with Crippen molar-refractivity contribution in [3.8, 4) is 5.75 Å². The van der Waals surface area contributed by atoms with Crippen LogP contribution in [-0.4, -0.2) is 18.8 Å². The second-order valence-corrected chi connectivity index (χ2v) is 2.76. The summed E-state index contributed by atoms with van der Waals surface area (Å²) in [6.45, 7) is -0.471. The minimum absolute atomic E-state index is 0.0697. The van der Waals surface area contributed by atoms with Gasteiger partial charge in [-0.05, 0) is 17.7 Å². The van der Waals surface area contributed by atoms with Gasteiger partial charge in [-0.3, -0.25) is 0 Å². The lowest BCUT2D eigenvalue weighted by Gasteiger charge is -2.13. The molecular formula is C9H10FN3O2. The zero-order valence-corrected chi connectivity index (χ0v) is 8.09. The maximum Gasteiger partial charge on any atom is 0.130 e. The van der Waals surface area contributed by atoms with Gasteiger partial charge in [0, 0.05) is 10.5 Å². The van der Waals surface area contributed by atoms with E-state index in [1.807, 2.05) is 0 Å². The van der Waals surface area contributed by atoms with Crippen molar-refractivity contribution in [2.45, 2.75) is 6.04 Å². The first-order chi connectivity index (χ1) is 7.24. The van der Waals surface area contributed by atoms with Crippen molar-refractivity contribution in [3.63, 3.8) is 0 Å².